The summed E-state index contributed by atoms with van der Waals surface area (Å²) in [5, 5.41) is 8.42. The molecule has 1 saturated heterocycles. The van der Waals surface area contributed by atoms with Crippen LogP contribution in [0.3, 0.4) is 0 Å². The summed E-state index contributed by atoms with van der Waals surface area (Å²) >= 11 is 0. The Balaban J connectivity index is 1.39. The van der Waals surface area contributed by atoms with Gasteiger partial charge in [0.1, 0.15) is 11.6 Å². The average Bonchev–Trinajstić information content (AvgIpc) is 2.87. The van der Waals surface area contributed by atoms with Gasteiger partial charge in [0.15, 0.2) is 0 Å². The van der Waals surface area contributed by atoms with E-state index in [1.807, 2.05) is 6.92 Å². The van der Waals surface area contributed by atoms with E-state index in [0.29, 0.717) is 11.9 Å². The van der Waals surface area contributed by atoms with Gasteiger partial charge in [0, 0.05) is 44.5 Å². The van der Waals surface area contributed by atoms with Crippen molar-refractivity contribution < 1.29 is 4.74 Å². The third-order valence-electron chi connectivity index (χ3n) is 4.46. The monoisotopic (exact) mass is 301 g/mol. The molecule has 8 nitrogen and oxygen atoms in total. The van der Waals surface area contributed by atoms with Gasteiger partial charge in [-0.05, 0) is 6.92 Å². The number of hydrogen-bond acceptors (Lipinski definition) is 7. The van der Waals surface area contributed by atoms with Crippen molar-refractivity contribution >= 4 is 5.95 Å². The molecule has 4 rings (SSSR count). The van der Waals surface area contributed by atoms with Crippen LogP contribution in [0.25, 0.3) is 0 Å². The molecule has 0 atom stereocenters. The molecule has 0 amide bonds. The molecule has 0 aliphatic carbocycles. The maximum Gasteiger partial charge on any atom is 0.228 e. The minimum absolute atomic E-state index is 0.528. The number of aryl methyl sites for hydroxylation is 1. The van der Waals surface area contributed by atoms with Gasteiger partial charge in [0.25, 0.3) is 0 Å². The summed E-state index contributed by atoms with van der Waals surface area (Å²) in [5.41, 5.74) is 0. The molecule has 0 bridgehead atoms. The summed E-state index contributed by atoms with van der Waals surface area (Å²) in [6.07, 6.45) is 1.74. The van der Waals surface area contributed by atoms with Crippen LogP contribution in [0.5, 0.6) is 5.88 Å². The Morgan fingerprint density at radius 3 is 2.91 bits per heavy atom. The smallest absolute Gasteiger partial charge is 0.228 e. The van der Waals surface area contributed by atoms with Crippen molar-refractivity contribution in [3.8, 4) is 5.88 Å². The number of ether oxygens (including phenoxy) is 1. The highest BCUT2D eigenvalue weighted by Gasteiger charge is 2.35. The van der Waals surface area contributed by atoms with Gasteiger partial charge in [-0.2, -0.15) is 4.98 Å². The summed E-state index contributed by atoms with van der Waals surface area (Å²) in [5.74, 6) is 3.43. The fourth-order valence-corrected chi connectivity index (χ4v) is 3.08. The summed E-state index contributed by atoms with van der Waals surface area (Å²) in [6, 6.07) is 2.29. The zero-order valence-corrected chi connectivity index (χ0v) is 12.8. The second-order valence-corrected chi connectivity index (χ2v) is 5.74. The zero-order chi connectivity index (χ0) is 15.1. The van der Waals surface area contributed by atoms with Gasteiger partial charge in [0.2, 0.25) is 11.8 Å². The maximum atomic E-state index is 5.15. The van der Waals surface area contributed by atoms with Crippen molar-refractivity contribution in [1.29, 1.82) is 0 Å². The molecule has 2 aromatic heterocycles. The van der Waals surface area contributed by atoms with E-state index in [0.717, 1.165) is 50.3 Å². The first-order chi connectivity index (χ1) is 10.7. The first kappa shape index (κ1) is 13.4. The van der Waals surface area contributed by atoms with E-state index in [9.17, 15) is 0 Å². The minimum Gasteiger partial charge on any atom is -0.481 e. The molecule has 8 heteroatoms. The minimum atomic E-state index is 0.528. The molecule has 0 unspecified atom stereocenters. The lowest BCUT2D eigenvalue weighted by Gasteiger charge is -2.46. The van der Waals surface area contributed by atoms with Crippen molar-refractivity contribution in [3.05, 3.63) is 23.9 Å². The number of fused-ring (bicyclic) bond motifs is 1. The Morgan fingerprint density at radius 2 is 2.09 bits per heavy atom. The molecule has 2 aromatic rings. The molecule has 0 saturated carbocycles. The van der Waals surface area contributed by atoms with Crippen LogP contribution in [0.1, 0.15) is 11.6 Å². The number of methoxy groups -OCH3 is 1. The Hall–Kier alpha value is -2.22. The molecule has 22 heavy (non-hydrogen) atoms. The van der Waals surface area contributed by atoms with E-state index < -0.39 is 0 Å². The van der Waals surface area contributed by atoms with E-state index in [1.165, 1.54) is 0 Å². The zero-order valence-electron chi connectivity index (χ0n) is 12.8. The second kappa shape index (κ2) is 5.20. The van der Waals surface area contributed by atoms with Gasteiger partial charge in [0.05, 0.1) is 13.7 Å². The molecular formula is C14H19N7O. The summed E-state index contributed by atoms with van der Waals surface area (Å²) in [6.45, 7) is 6.79. The van der Waals surface area contributed by atoms with Crippen LogP contribution >= 0.6 is 0 Å². The molecule has 0 aromatic carbocycles. The first-order valence-electron chi connectivity index (χ1n) is 7.49. The van der Waals surface area contributed by atoms with Crippen LogP contribution in [-0.4, -0.2) is 62.4 Å². The summed E-state index contributed by atoms with van der Waals surface area (Å²) < 4.78 is 7.36. The van der Waals surface area contributed by atoms with E-state index in [1.54, 1.807) is 19.4 Å². The van der Waals surface area contributed by atoms with Crippen LogP contribution in [-0.2, 0) is 13.1 Å². The predicted molar refractivity (Wildman–Crippen MR) is 79.8 cm³/mol. The highest BCUT2D eigenvalue weighted by atomic mass is 16.5. The standard InChI is InChI=1S/C14H19N7O/c1-10-17-18-12-9-19(5-6-21(10)12)11-7-20(8-11)14-15-4-3-13(16-14)22-2/h3-4,11H,5-9H2,1-2H3. The fourth-order valence-electron chi connectivity index (χ4n) is 3.08. The largest absolute Gasteiger partial charge is 0.481 e. The second-order valence-electron chi connectivity index (χ2n) is 5.74. The highest BCUT2D eigenvalue weighted by molar-refractivity contribution is 5.37. The highest BCUT2D eigenvalue weighted by Crippen LogP contribution is 2.24. The quantitative estimate of drug-likeness (QED) is 0.795. The van der Waals surface area contributed by atoms with E-state index >= 15 is 0 Å². The molecule has 0 radical (unpaired) electrons. The lowest BCUT2D eigenvalue weighted by atomic mass is 10.1. The third kappa shape index (κ3) is 2.19. The molecule has 0 spiro atoms. The molecule has 4 heterocycles. The van der Waals surface area contributed by atoms with Crippen LogP contribution in [0.15, 0.2) is 12.3 Å². The van der Waals surface area contributed by atoms with Crippen LogP contribution in [0.2, 0.25) is 0 Å². The van der Waals surface area contributed by atoms with Gasteiger partial charge in [-0.1, -0.05) is 0 Å². The van der Waals surface area contributed by atoms with Crippen molar-refractivity contribution in [2.24, 2.45) is 0 Å². The van der Waals surface area contributed by atoms with Crippen molar-refractivity contribution in [3.63, 3.8) is 0 Å². The fraction of sp³-hybridized carbons (Fsp3) is 0.571. The average molecular weight is 301 g/mol. The van der Waals surface area contributed by atoms with Crippen molar-refractivity contribution in [2.75, 3.05) is 31.6 Å². The van der Waals surface area contributed by atoms with Crippen LogP contribution < -0.4 is 9.64 Å². The summed E-state index contributed by atoms with van der Waals surface area (Å²) in [4.78, 5) is 13.3. The van der Waals surface area contributed by atoms with E-state index in [-0.39, 0.29) is 0 Å². The van der Waals surface area contributed by atoms with Gasteiger partial charge in [-0.25, -0.2) is 4.98 Å². The Labute approximate surface area is 128 Å². The molecule has 2 aliphatic rings. The maximum absolute atomic E-state index is 5.15. The number of rotatable bonds is 3. The van der Waals surface area contributed by atoms with Crippen molar-refractivity contribution in [2.45, 2.75) is 26.1 Å². The SMILES string of the molecule is COc1ccnc(N2CC(N3CCn4c(C)nnc4C3)C2)n1. The number of aromatic nitrogens is 5. The van der Waals surface area contributed by atoms with Crippen LogP contribution in [0, 0.1) is 6.92 Å². The first-order valence-corrected chi connectivity index (χ1v) is 7.49. The number of anilines is 1. The Morgan fingerprint density at radius 1 is 1.23 bits per heavy atom. The van der Waals surface area contributed by atoms with E-state index in [4.69, 9.17) is 4.74 Å². The van der Waals surface area contributed by atoms with Gasteiger partial charge in [-0.3, -0.25) is 4.90 Å². The Kier molecular flexibility index (Phi) is 3.18. The Bertz CT molecular complexity index is 680. The lowest BCUT2D eigenvalue weighted by Crippen LogP contribution is -2.61. The van der Waals surface area contributed by atoms with Gasteiger partial charge < -0.3 is 14.2 Å². The molecular weight excluding hydrogens is 282 g/mol. The molecule has 0 N–H and O–H groups in total. The third-order valence-corrected chi connectivity index (χ3v) is 4.46. The number of hydrogen-bond donors (Lipinski definition) is 0. The molecule has 1 fully saturated rings. The molecule has 2 aliphatic heterocycles. The normalized spacial score (nSPS) is 18.9. The summed E-state index contributed by atoms with van der Waals surface area (Å²) in [7, 11) is 1.62. The van der Waals surface area contributed by atoms with E-state index in [2.05, 4.69) is 34.5 Å². The predicted octanol–water partition coefficient (Wildman–Crippen LogP) is 0.0895. The number of nitrogens with zero attached hydrogens (tertiary/aromatic N) is 7. The van der Waals surface area contributed by atoms with Crippen LogP contribution in [0.4, 0.5) is 5.95 Å². The van der Waals surface area contributed by atoms with Gasteiger partial charge in [-0.15, -0.1) is 10.2 Å². The van der Waals surface area contributed by atoms with Crippen molar-refractivity contribution in [1.82, 2.24) is 29.6 Å². The topological polar surface area (TPSA) is 72.2 Å². The molecule has 116 valence electrons. The lowest BCUT2D eigenvalue weighted by molar-refractivity contribution is 0.127. The van der Waals surface area contributed by atoms with Gasteiger partial charge >= 0.3 is 0 Å².